The number of carbonyl (C=O) groups is 1. The first-order valence-electron chi connectivity index (χ1n) is 14.5. The third kappa shape index (κ3) is 6.31. The van der Waals surface area contributed by atoms with E-state index in [1.54, 1.807) is 6.20 Å². The number of methoxy groups -OCH3 is 1. The molecule has 16 heteroatoms. The highest BCUT2D eigenvalue weighted by Crippen LogP contribution is 2.39. The third-order valence-corrected chi connectivity index (χ3v) is 8.33. The zero-order chi connectivity index (χ0) is 31.6. The predicted molar refractivity (Wildman–Crippen MR) is 153 cm³/mol. The van der Waals surface area contributed by atoms with Crippen molar-refractivity contribution in [3.05, 3.63) is 48.6 Å². The topological polar surface area (TPSA) is 160 Å². The largest absolute Gasteiger partial charge is 0.474 e. The number of H-pyrrole nitrogens is 1. The van der Waals surface area contributed by atoms with E-state index in [-0.39, 0.29) is 31.2 Å². The summed E-state index contributed by atoms with van der Waals surface area (Å²) in [5.74, 6) is -2.49. The number of nitriles is 1. The van der Waals surface area contributed by atoms with E-state index >= 15 is 0 Å². The highest BCUT2D eigenvalue weighted by Gasteiger charge is 2.48. The minimum absolute atomic E-state index is 0.119. The summed E-state index contributed by atoms with van der Waals surface area (Å²) in [6, 6.07) is 5.60. The summed E-state index contributed by atoms with van der Waals surface area (Å²) in [5, 5.41) is 17.6. The lowest BCUT2D eigenvalue weighted by Crippen LogP contribution is -2.65. The van der Waals surface area contributed by atoms with Gasteiger partial charge >= 0.3 is 6.18 Å². The van der Waals surface area contributed by atoms with Crippen LogP contribution in [0.4, 0.5) is 13.2 Å². The van der Waals surface area contributed by atoms with Crippen molar-refractivity contribution in [3.63, 3.8) is 0 Å². The molecule has 6 rings (SSSR count). The van der Waals surface area contributed by atoms with Crippen molar-refractivity contribution in [2.24, 2.45) is 0 Å². The Labute approximate surface area is 255 Å². The van der Waals surface area contributed by atoms with Crippen molar-refractivity contribution in [1.82, 2.24) is 44.9 Å². The summed E-state index contributed by atoms with van der Waals surface area (Å²) < 4.78 is 53.1. The third-order valence-electron chi connectivity index (χ3n) is 8.33. The van der Waals surface area contributed by atoms with E-state index in [1.165, 1.54) is 13.4 Å². The van der Waals surface area contributed by atoms with Crippen LogP contribution in [0.5, 0.6) is 5.88 Å². The van der Waals surface area contributed by atoms with Crippen molar-refractivity contribution in [1.29, 1.82) is 5.26 Å². The Bertz CT molecular complexity index is 1700. The lowest BCUT2D eigenvalue weighted by atomic mass is 9.82. The zero-order valence-electron chi connectivity index (χ0n) is 24.4. The summed E-state index contributed by atoms with van der Waals surface area (Å²) >= 11 is 0. The molecule has 0 bridgehead atoms. The number of likely N-dealkylation sites (tertiary alicyclic amines) is 1. The van der Waals surface area contributed by atoms with Gasteiger partial charge in [-0.2, -0.15) is 28.5 Å². The first-order valence-corrected chi connectivity index (χ1v) is 14.5. The van der Waals surface area contributed by atoms with E-state index in [9.17, 15) is 23.2 Å². The molecule has 4 aromatic heterocycles. The molecule has 0 radical (unpaired) electrons. The first-order chi connectivity index (χ1) is 21.7. The fourth-order valence-corrected chi connectivity index (χ4v) is 6.04. The van der Waals surface area contributed by atoms with Crippen LogP contribution in [0.1, 0.15) is 48.4 Å². The monoisotopic (exact) mass is 624 g/mol. The predicted octanol–water partition coefficient (Wildman–Crippen LogP) is 3.32. The molecule has 2 N–H and O–H groups in total. The van der Waals surface area contributed by atoms with Crippen LogP contribution in [-0.2, 0) is 16.5 Å². The number of nitrogens with zero attached hydrogens (tertiary/aromatic N) is 8. The Morgan fingerprint density at radius 1 is 1.22 bits per heavy atom. The smallest absolute Gasteiger partial charge is 0.451 e. The second-order valence-electron chi connectivity index (χ2n) is 11.3. The number of alkyl halides is 3. The normalized spacial score (nSPS) is 20.0. The van der Waals surface area contributed by atoms with Gasteiger partial charge in [0.1, 0.15) is 29.3 Å². The van der Waals surface area contributed by atoms with E-state index in [4.69, 9.17) is 9.47 Å². The second kappa shape index (κ2) is 12.4. The van der Waals surface area contributed by atoms with Gasteiger partial charge in [-0.1, -0.05) is 0 Å². The molecule has 1 aliphatic heterocycles. The summed E-state index contributed by atoms with van der Waals surface area (Å²) in [4.78, 5) is 33.4. The molecule has 4 aromatic rings. The quantitative estimate of drug-likeness (QED) is 0.251. The molecule has 0 atom stereocenters. The van der Waals surface area contributed by atoms with E-state index in [2.05, 4.69) is 46.3 Å². The summed E-state index contributed by atoms with van der Waals surface area (Å²) in [6.45, 7) is 1.61. The van der Waals surface area contributed by atoms with Gasteiger partial charge in [-0.25, -0.2) is 15.0 Å². The first kappa shape index (κ1) is 30.4. The number of aromatic nitrogens is 7. The number of aromatic amines is 1. The highest BCUT2D eigenvalue weighted by atomic mass is 19.4. The lowest BCUT2D eigenvalue weighted by molar-refractivity contribution is -0.145. The fraction of sp³-hybridized carbons (Fsp3) is 0.483. The Kier molecular flexibility index (Phi) is 8.38. The van der Waals surface area contributed by atoms with Gasteiger partial charge in [0, 0.05) is 62.2 Å². The zero-order valence-corrected chi connectivity index (χ0v) is 24.4. The van der Waals surface area contributed by atoms with Crippen LogP contribution in [-0.4, -0.2) is 91.0 Å². The van der Waals surface area contributed by atoms with Crippen molar-refractivity contribution < 1.29 is 27.4 Å². The van der Waals surface area contributed by atoms with Crippen molar-refractivity contribution >= 4 is 16.9 Å². The van der Waals surface area contributed by atoms with E-state index in [0.29, 0.717) is 32.4 Å². The molecular formula is C29H31F3N10O3. The Morgan fingerprint density at radius 2 is 2.02 bits per heavy atom. The molecular weight excluding hydrogens is 593 g/mol. The van der Waals surface area contributed by atoms with Gasteiger partial charge in [-0.15, -0.1) is 0 Å². The van der Waals surface area contributed by atoms with Gasteiger partial charge in [0.25, 0.3) is 5.91 Å². The molecule has 0 spiro atoms. The van der Waals surface area contributed by atoms with Crippen molar-refractivity contribution in [2.45, 2.75) is 56.0 Å². The van der Waals surface area contributed by atoms with Crippen LogP contribution in [0.2, 0.25) is 0 Å². The second-order valence-corrected chi connectivity index (χ2v) is 11.3. The molecule has 1 saturated heterocycles. The van der Waals surface area contributed by atoms with E-state index in [1.807, 2.05) is 23.1 Å². The number of amides is 1. The van der Waals surface area contributed by atoms with Crippen LogP contribution in [0.15, 0.2) is 37.1 Å². The standard InChI is InChI=1S/C29H31F3N10O3/c1-44-11-10-35-26(43)22-12-23(40-27(39-22)29(30,31)32)45-20-4-2-19(3-5-20)41-15-28(16-41,7-8-33)42-14-18(13-38-42)24-21-6-9-34-25(21)37-17-36-24/h6,9,12-14,17,19-20H,2-5,7,10-11,15-16H2,1H3,(H,35,43)(H,34,36,37). The molecule has 45 heavy (non-hydrogen) atoms. The van der Waals surface area contributed by atoms with Gasteiger partial charge in [0.2, 0.25) is 11.7 Å². The van der Waals surface area contributed by atoms with Crippen LogP contribution in [0, 0.1) is 11.3 Å². The van der Waals surface area contributed by atoms with Crippen molar-refractivity contribution in [3.8, 4) is 23.2 Å². The maximum Gasteiger partial charge on any atom is 0.451 e. The minimum atomic E-state index is -4.84. The Morgan fingerprint density at radius 3 is 2.76 bits per heavy atom. The average molecular weight is 625 g/mol. The molecule has 1 amide bonds. The van der Waals surface area contributed by atoms with Crippen molar-refractivity contribution in [2.75, 3.05) is 33.4 Å². The fourth-order valence-electron chi connectivity index (χ4n) is 6.04. The van der Waals surface area contributed by atoms with E-state index in [0.717, 1.165) is 41.2 Å². The molecule has 236 valence electrons. The van der Waals surface area contributed by atoms with Gasteiger partial charge < -0.3 is 19.8 Å². The average Bonchev–Trinajstić information content (AvgIpc) is 3.69. The lowest BCUT2D eigenvalue weighted by Gasteiger charge is -2.53. The molecule has 0 unspecified atom stereocenters. The number of hydrogen-bond donors (Lipinski definition) is 2. The maximum absolute atomic E-state index is 13.5. The number of fused-ring (bicyclic) bond motifs is 1. The van der Waals surface area contributed by atoms with E-state index < -0.39 is 29.1 Å². The SMILES string of the molecule is COCCNC(=O)c1cc(OC2CCC(N3CC(CC#N)(n4cc(-c5ncnc6[nH]ccc56)cn4)C3)CC2)nc(C(F)(F)F)n1. The maximum atomic E-state index is 13.5. The number of nitrogens with one attached hydrogen (secondary N) is 2. The number of ether oxygens (including phenoxy) is 2. The minimum Gasteiger partial charge on any atom is -0.474 e. The molecule has 1 saturated carbocycles. The summed E-state index contributed by atoms with van der Waals surface area (Å²) in [7, 11) is 1.45. The van der Waals surface area contributed by atoms with Crippen LogP contribution >= 0.6 is 0 Å². The highest BCUT2D eigenvalue weighted by molar-refractivity contribution is 5.92. The van der Waals surface area contributed by atoms with Crippen LogP contribution < -0.4 is 10.1 Å². The van der Waals surface area contributed by atoms with Gasteiger partial charge in [0.05, 0.1) is 31.0 Å². The summed E-state index contributed by atoms with van der Waals surface area (Å²) in [5.41, 5.74) is 1.44. The van der Waals surface area contributed by atoms with Gasteiger partial charge in [0.15, 0.2) is 0 Å². The number of rotatable bonds is 10. The molecule has 0 aromatic carbocycles. The molecule has 2 fully saturated rings. The van der Waals surface area contributed by atoms with Gasteiger partial charge in [-0.3, -0.25) is 14.4 Å². The van der Waals surface area contributed by atoms with Crippen LogP contribution in [0.25, 0.3) is 22.3 Å². The molecule has 13 nitrogen and oxygen atoms in total. The molecule has 1 aliphatic carbocycles. The van der Waals surface area contributed by atoms with Gasteiger partial charge in [-0.05, 0) is 31.7 Å². The molecule has 2 aliphatic rings. The van der Waals surface area contributed by atoms with Crippen LogP contribution in [0.3, 0.4) is 0 Å². The molecule has 5 heterocycles. The Hall–Kier alpha value is -4.62. The number of hydrogen-bond acceptors (Lipinski definition) is 10. The Balaban J connectivity index is 1.08. The number of halogens is 3. The summed E-state index contributed by atoms with van der Waals surface area (Å²) in [6.07, 6.45) is 4.79. The number of carbonyl (C=O) groups excluding carboxylic acids is 1.